The topological polar surface area (TPSA) is 39.2 Å². The van der Waals surface area contributed by atoms with Crippen LogP contribution in [0.1, 0.15) is 64.1 Å². The smallest absolute Gasteiger partial charge is 0.308 e. The summed E-state index contributed by atoms with van der Waals surface area (Å²) in [6.45, 7) is 5.76. The molecule has 0 N–H and O–H groups in total. The van der Waals surface area contributed by atoms with E-state index in [2.05, 4.69) is 26.0 Å². The summed E-state index contributed by atoms with van der Waals surface area (Å²) < 4.78 is 5.56. The van der Waals surface area contributed by atoms with Gasteiger partial charge in [0.05, 0.1) is 11.2 Å². The van der Waals surface area contributed by atoms with Crippen molar-refractivity contribution in [1.29, 1.82) is 0 Å². The van der Waals surface area contributed by atoms with Crippen LogP contribution in [0.25, 0.3) is 10.9 Å². The SMILES string of the molecule is CCCCCC/C=C/Cc1nc2ccccc2c(OC(C)=O)c1CC. The van der Waals surface area contributed by atoms with E-state index in [0.717, 1.165) is 41.4 Å². The zero-order valence-electron chi connectivity index (χ0n) is 15.7. The molecule has 0 aliphatic rings. The molecule has 3 nitrogen and oxygen atoms in total. The monoisotopic (exact) mass is 339 g/mol. The highest BCUT2D eigenvalue weighted by Gasteiger charge is 2.15. The lowest BCUT2D eigenvalue weighted by Crippen LogP contribution is -2.08. The molecule has 0 aliphatic heterocycles. The Hall–Kier alpha value is -2.16. The van der Waals surface area contributed by atoms with E-state index in [1.54, 1.807) is 0 Å². The molecule has 134 valence electrons. The summed E-state index contributed by atoms with van der Waals surface area (Å²) in [6.07, 6.45) is 12.2. The van der Waals surface area contributed by atoms with Gasteiger partial charge in [-0.05, 0) is 31.4 Å². The second-order valence-electron chi connectivity index (χ2n) is 6.36. The van der Waals surface area contributed by atoms with E-state index >= 15 is 0 Å². The maximum Gasteiger partial charge on any atom is 0.308 e. The molecular weight excluding hydrogens is 310 g/mol. The van der Waals surface area contributed by atoms with Gasteiger partial charge >= 0.3 is 5.97 Å². The van der Waals surface area contributed by atoms with E-state index in [0.29, 0.717) is 5.75 Å². The lowest BCUT2D eigenvalue weighted by atomic mass is 10.0. The van der Waals surface area contributed by atoms with Gasteiger partial charge < -0.3 is 4.74 Å². The molecule has 0 unspecified atom stereocenters. The van der Waals surface area contributed by atoms with Crippen molar-refractivity contribution in [2.75, 3.05) is 0 Å². The fourth-order valence-corrected chi connectivity index (χ4v) is 3.07. The summed E-state index contributed by atoms with van der Waals surface area (Å²) >= 11 is 0. The first-order chi connectivity index (χ1) is 12.2. The van der Waals surface area contributed by atoms with Gasteiger partial charge in [-0.1, -0.05) is 57.4 Å². The average Bonchev–Trinajstić information content (AvgIpc) is 2.60. The molecule has 0 aliphatic carbocycles. The van der Waals surface area contributed by atoms with Crippen LogP contribution in [0.4, 0.5) is 0 Å². The van der Waals surface area contributed by atoms with Crippen LogP contribution in [0.3, 0.4) is 0 Å². The first-order valence-electron chi connectivity index (χ1n) is 9.41. The fourth-order valence-electron chi connectivity index (χ4n) is 3.07. The van der Waals surface area contributed by atoms with E-state index in [9.17, 15) is 4.79 Å². The van der Waals surface area contributed by atoms with Gasteiger partial charge in [0.25, 0.3) is 0 Å². The van der Waals surface area contributed by atoms with Gasteiger partial charge in [0, 0.05) is 24.3 Å². The lowest BCUT2D eigenvalue weighted by molar-refractivity contribution is -0.131. The Morgan fingerprint density at radius 3 is 2.64 bits per heavy atom. The highest BCUT2D eigenvalue weighted by molar-refractivity contribution is 5.89. The molecule has 0 amide bonds. The summed E-state index contributed by atoms with van der Waals surface area (Å²) in [4.78, 5) is 16.4. The minimum Gasteiger partial charge on any atom is -0.426 e. The number of para-hydroxylation sites is 1. The highest BCUT2D eigenvalue weighted by Crippen LogP contribution is 2.32. The van der Waals surface area contributed by atoms with Crippen molar-refractivity contribution in [2.24, 2.45) is 0 Å². The number of allylic oxidation sites excluding steroid dienone is 2. The van der Waals surface area contributed by atoms with Crippen molar-refractivity contribution < 1.29 is 9.53 Å². The van der Waals surface area contributed by atoms with Crippen LogP contribution < -0.4 is 4.74 Å². The number of hydrogen-bond donors (Lipinski definition) is 0. The molecule has 3 heteroatoms. The summed E-state index contributed by atoms with van der Waals surface area (Å²) in [5, 5.41) is 0.904. The maximum atomic E-state index is 11.6. The van der Waals surface area contributed by atoms with E-state index in [1.807, 2.05) is 24.3 Å². The summed E-state index contributed by atoms with van der Waals surface area (Å²) in [5.41, 5.74) is 2.91. The fraction of sp³-hybridized carbons (Fsp3) is 0.455. The number of carbonyl (C=O) groups excluding carboxylic acids is 1. The molecular formula is C22H29NO2. The Morgan fingerprint density at radius 1 is 1.12 bits per heavy atom. The summed E-state index contributed by atoms with van der Waals surface area (Å²) in [7, 11) is 0. The number of benzene rings is 1. The van der Waals surface area contributed by atoms with Crippen molar-refractivity contribution >= 4 is 16.9 Å². The normalized spacial score (nSPS) is 11.3. The van der Waals surface area contributed by atoms with Gasteiger partial charge in [-0.25, -0.2) is 0 Å². The number of rotatable bonds is 9. The number of hydrogen-bond acceptors (Lipinski definition) is 3. The number of unbranched alkanes of at least 4 members (excludes halogenated alkanes) is 4. The maximum absolute atomic E-state index is 11.6. The molecule has 1 aromatic carbocycles. The van der Waals surface area contributed by atoms with E-state index < -0.39 is 0 Å². The molecule has 0 saturated heterocycles. The first kappa shape index (κ1) is 19.2. The Labute approximate surface area is 151 Å². The van der Waals surface area contributed by atoms with Crippen molar-refractivity contribution in [3.8, 4) is 5.75 Å². The van der Waals surface area contributed by atoms with Crippen molar-refractivity contribution in [1.82, 2.24) is 4.98 Å². The van der Waals surface area contributed by atoms with Crippen LogP contribution in [0.2, 0.25) is 0 Å². The first-order valence-corrected chi connectivity index (χ1v) is 9.41. The third kappa shape index (κ3) is 5.42. The van der Waals surface area contributed by atoms with E-state index in [4.69, 9.17) is 9.72 Å². The third-order valence-corrected chi connectivity index (χ3v) is 4.33. The van der Waals surface area contributed by atoms with Crippen LogP contribution in [0.15, 0.2) is 36.4 Å². The molecule has 0 saturated carbocycles. The third-order valence-electron chi connectivity index (χ3n) is 4.33. The number of ether oxygens (including phenoxy) is 1. The van der Waals surface area contributed by atoms with Gasteiger partial charge in [-0.3, -0.25) is 9.78 Å². The lowest BCUT2D eigenvalue weighted by Gasteiger charge is -2.14. The number of esters is 1. The Bertz CT molecular complexity index is 734. The number of aromatic nitrogens is 1. The summed E-state index contributed by atoms with van der Waals surface area (Å²) in [6, 6.07) is 7.85. The molecule has 25 heavy (non-hydrogen) atoms. The molecule has 1 aromatic heterocycles. The molecule has 2 aromatic rings. The molecule has 0 fully saturated rings. The number of nitrogens with zero attached hydrogens (tertiary/aromatic N) is 1. The van der Waals surface area contributed by atoms with E-state index in [1.165, 1.54) is 32.6 Å². The molecule has 2 rings (SSSR count). The molecule has 0 spiro atoms. The van der Waals surface area contributed by atoms with Gasteiger partial charge in [0.1, 0.15) is 5.75 Å². The molecule has 0 bridgehead atoms. The van der Waals surface area contributed by atoms with Gasteiger partial charge in [-0.2, -0.15) is 0 Å². The standard InChI is InChI=1S/C22H29NO2/c1-4-6-7-8-9-10-11-15-20-18(5-2)22(25-17(3)24)19-14-12-13-16-21(19)23-20/h10-14,16H,4-9,15H2,1-3H3/b11-10+. The van der Waals surface area contributed by atoms with Gasteiger partial charge in [0.2, 0.25) is 0 Å². The van der Waals surface area contributed by atoms with Crippen LogP contribution >= 0.6 is 0 Å². The van der Waals surface area contributed by atoms with Gasteiger partial charge in [0.15, 0.2) is 0 Å². The van der Waals surface area contributed by atoms with Crippen LogP contribution in [-0.2, 0) is 17.6 Å². The minimum atomic E-state index is -0.288. The molecule has 0 radical (unpaired) electrons. The highest BCUT2D eigenvalue weighted by atomic mass is 16.5. The Kier molecular flexibility index (Phi) is 7.65. The predicted octanol–water partition coefficient (Wildman–Crippen LogP) is 5.79. The van der Waals surface area contributed by atoms with Crippen LogP contribution in [0, 0.1) is 0 Å². The zero-order chi connectivity index (χ0) is 18.1. The summed E-state index contributed by atoms with van der Waals surface area (Å²) in [5.74, 6) is 0.385. The minimum absolute atomic E-state index is 0.288. The number of fused-ring (bicyclic) bond motifs is 1. The molecule has 0 atom stereocenters. The van der Waals surface area contributed by atoms with Crippen LogP contribution in [-0.4, -0.2) is 11.0 Å². The number of carbonyl (C=O) groups is 1. The van der Waals surface area contributed by atoms with Crippen LogP contribution in [0.5, 0.6) is 5.75 Å². The second kappa shape index (κ2) is 9.97. The Morgan fingerprint density at radius 2 is 1.92 bits per heavy atom. The quantitative estimate of drug-likeness (QED) is 0.330. The predicted molar refractivity (Wildman–Crippen MR) is 104 cm³/mol. The van der Waals surface area contributed by atoms with Crippen molar-refractivity contribution in [3.63, 3.8) is 0 Å². The van der Waals surface area contributed by atoms with Crippen molar-refractivity contribution in [3.05, 3.63) is 47.7 Å². The van der Waals surface area contributed by atoms with Crippen molar-refractivity contribution in [2.45, 2.75) is 65.7 Å². The largest absolute Gasteiger partial charge is 0.426 e. The second-order valence-corrected chi connectivity index (χ2v) is 6.36. The average molecular weight is 339 g/mol. The molecule has 1 heterocycles. The van der Waals surface area contributed by atoms with E-state index in [-0.39, 0.29) is 5.97 Å². The number of pyridine rings is 1. The zero-order valence-corrected chi connectivity index (χ0v) is 15.7. The Balaban J connectivity index is 2.23. The van der Waals surface area contributed by atoms with Gasteiger partial charge in [-0.15, -0.1) is 0 Å².